The molecule has 1 fully saturated rings. The van der Waals surface area contributed by atoms with E-state index in [9.17, 15) is 4.39 Å². The minimum absolute atomic E-state index is 0.277. The first-order valence-corrected chi connectivity index (χ1v) is 10.4. The first kappa shape index (κ1) is 19.8. The molecule has 0 radical (unpaired) electrons. The second-order valence-electron chi connectivity index (χ2n) is 7.70. The smallest absolute Gasteiger partial charge is 0.165 e. The maximum atomic E-state index is 14.0. The summed E-state index contributed by atoms with van der Waals surface area (Å²) in [4.78, 5) is 0. The maximum absolute atomic E-state index is 14.0. The van der Waals surface area contributed by atoms with Crippen molar-refractivity contribution in [1.29, 1.82) is 0 Å². The Bertz CT molecular complexity index is 709. The van der Waals surface area contributed by atoms with Crippen molar-refractivity contribution in [2.24, 2.45) is 11.8 Å². The van der Waals surface area contributed by atoms with Crippen LogP contribution in [-0.4, -0.2) is 16.8 Å². The summed E-state index contributed by atoms with van der Waals surface area (Å²) in [5, 5.41) is 8.68. The van der Waals surface area contributed by atoms with Gasteiger partial charge in [-0.05, 0) is 61.9 Å². The lowest BCUT2D eigenvalue weighted by atomic mass is 9.78. The molecule has 1 saturated carbocycles. The first-order chi connectivity index (χ1) is 13.2. The zero-order valence-electron chi connectivity index (χ0n) is 16.6. The molecule has 0 unspecified atom stereocenters. The normalized spacial score (nSPS) is 19.8. The molecule has 27 heavy (non-hydrogen) atoms. The Balaban J connectivity index is 1.53. The molecule has 1 aliphatic carbocycles. The van der Waals surface area contributed by atoms with Crippen LogP contribution in [0.25, 0.3) is 11.3 Å². The summed E-state index contributed by atoms with van der Waals surface area (Å²) in [6, 6.07) is 8.91. The van der Waals surface area contributed by atoms with Crippen molar-refractivity contribution in [2.45, 2.75) is 65.2 Å². The molecule has 3 nitrogen and oxygen atoms in total. The Morgan fingerprint density at radius 1 is 0.963 bits per heavy atom. The van der Waals surface area contributed by atoms with Crippen LogP contribution in [0.4, 0.5) is 4.39 Å². The molecular weight excluding hydrogens is 339 g/mol. The van der Waals surface area contributed by atoms with Gasteiger partial charge in [0.2, 0.25) is 0 Å². The first-order valence-electron chi connectivity index (χ1n) is 10.4. The van der Waals surface area contributed by atoms with Crippen LogP contribution < -0.4 is 4.74 Å². The van der Waals surface area contributed by atoms with E-state index < -0.39 is 0 Å². The van der Waals surface area contributed by atoms with E-state index >= 15 is 0 Å². The fourth-order valence-electron chi connectivity index (χ4n) is 4.15. The van der Waals surface area contributed by atoms with Gasteiger partial charge in [0.15, 0.2) is 11.6 Å². The highest BCUT2D eigenvalue weighted by molar-refractivity contribution is 5.59. The van der Waals surface area contributed by atoms with Gasteiger partial charge in [-0.2, -0.15) is 10.2 Å². The molecule has 2 aromatic rings. The number of halogens is 1. The van der Waals surface area contributed by atoms with Gasteiger partial charge in [-0.1, -0.05) is 45.4 Å². The van der Waals surface area contributed by atoms with Crippen molar-refractivity contribution in [2.75, 3.05) is 6.61 Å². The molecule has 4 heteroatoms. The van der Waals surface area contributed by atoms with Crippen molar-refractivity contribution in [3.05, 3.63) is 41.8 Å². The topological polar surface area (TPSA) is 35.0 Å². The van der Waals surface area contributed by atoms with Gasteiger partial charge < -0.3 is 4.74 Å². The molecule has 1 heterocycles. The molecule has 0 spiro atoms. The van der Waals surface area contributed by atoms with Crippen LogP contribution in [0, 0.1) is 17.7 Å². The van der Waals surface area contributed by atoms with E-state index in [1.54, 1.807) is 6.07 Å². The zero-order valence-corrected chi connectivity index (χ0v) is 16.6. The molecule has 1 aromatic heterocycles. The second kappa shape index (κ2) is 9.82. The SMILES string of the molecule is CCCC1CCC(CCc2ccc(-c3ccc(OCC)c(F)c3)nn2)CC1. The van der Waals surface area contributed by atoms with E-state index in [1.165, 1.54) is 51.0 Å². The van der Waals surface area contributed by atoms with Crippen LogP contribution in [0.5, 0.6) is 5.75 Å². The molecular formula is C23H31FN2O. The lowest BCUT2D eigenvalue weighted by Gasteiger charge is -2.28. The third-order valence-electron chi connectivity index (χ3n) is 5.72. The third-order valence-corrected chi connectivity index (χ3v) is 5.72. The quantitative estimate of drug-likeness (QED) is 0.553. The molecule has 0 N–H and O–H groups in total. The standard InChI is InChI=1S/C23H31FN2O/c1-3-5-17-6-8-18(9-7-17)10-12-20-13-14-22(26-25-20)19-11-15-23(27-4-2)21(24)16-19/h11,13-18H,3-10,12H2,1-2H3. The highest BCUT2D eigenvalue weighted by Gasteiger charge is 2.20. The van der Waals surface area contributed by atoms with Gasteiger partial charge in [-0.3, -0.25) is 0 Å². The van der Waals surface area contributed by atoms with Gasteiger partial charge in [0, 0.05) is 5.56 Å². The average Bonchev–Trinajstić information content (AvgIpc) is 2.70. The number of hydrogen-bond acceptors (Lipinski definition) is 3. The highest BCUT2D eigenvalue weighted by Crippen LogP contribution is 2.33. The number of aryl methyl sites for hydroxylation is 1. The Labute approximate surface area is 162 Å². The van der Waals surface area contributed by atoms with Crippen molar-refractivity contribution >= 4 is 0 Å². The van der Waals surface area contributed by atoms with Gasteiger partial charge in [-0.15, -0.1) is 0 Å². The van der Waals surface area contributed by atoms with Crippen LogP contribution in [0.1, 0.15) is 64.5 Å². The molecule has 3 rings (SSSR count). The van der Waals surface area contributed by atoms with E-state index in [-0.39, 0.29) is 11.6 Å². The maximum Gasteiger partial charge on any atom is 0.165 e. The zero-order chi connectivity index (χ0) is 19.1. The summed E-state index contributed by atoms with van der Waals surface area (Å²) >= 11 is 0. The number of nitrogens with zero attached hydrogens (tertiary/aromatic N) is 2. The fourth-order valence-corrected chi connectivity index (χ4v) is 4.15. The predicted molar refractivity (Wildman–Crippen MR) is 107 cm³/mol. The molecule has 0 saturated heterocycles. The summed E-state index contributed by atoms with van der Waals surface area (Å²) in [7, 11) is 0. The van der Waals surface area contributed by atoms with Crippen molar-refractivity contribution < 1.29 is 9.13 Å². The minimum atomic E-state index is -0.362. The van der Waals surface area contributed by atoms with Crippen molar-refractivity contribution in [1.82, 2.24) is 10.2 Å². The van der Waals surface area contributed by atoms with E-state index in [4.69, 9.17) is 4.74 Å². The molecule has 0 amide bonds. The Morgan fingerprint density at radius 3 is 2.30 bits per heavy atom. The molecule has 1 aromatic carbocycles. The van der Waals surface area contributed by atoms with Crippen LogP contribution in [0.3, 0.4) is 0 Å². The van der Waals surface area contributed by atoms with Crippen molar-refractivity contribution in [3.8, 4) is 17.0 Å². The van der Waals surface area contributed by atoms with Gasteiger partial charge >= 0.3 is 0 Å². The van der Waals surface area contributed by atoms with Gasteiger partial charge in [0.1, 0.15) is 0 Å². The van der Waals surface area contributed by atoms with Crippen molar-refractivity contribution in [3.63, 3.8) is 0 Å². The number of aromatic nitrogens is 2. The summed E-state index contributed by atoms with van der Waals surface area (Å²) < 4.78 is 19.3. The lowest BCUT2D eigenvalue weighted by molar-refractivity contribution is 0.252. The average molecular weight is 371 g/mol. The highest BCUT2D eigenvalue weighted by atomic mass is 19.1. The van der Waals surface area contributed by atoms with E-state index in [0.29, 0.717) is 12.3 Å². The second-order valence-corrected chi connectivity index (χ2v) is 7.70. The number of benzene rings is 1. The van der Waals surface area contributed by atoms with Gasteiger partial charge in [0.25, 0.3) is 0 Å². The van der Waals surface area contributed by atoms with Crippen LogP contribution in [0.2, 0.25) is 0 Å². The summed E-state index contributed by atoms with van der Waals surface area (Å²) in [5.41, 5.74) is 2.45. The third kappa shape index (κ3) is 5.50. The summed E-state index contributed by atoms with van der Waals surface area (Å²) in [6.45, 7) is 4.58. The lowest BCUT2D eigenvalue weighted by Crippen LogP contribution is -2.15. The largest absolute Gasteiger partial charge is 0.491 e. The van der Waals surface area contributed by atoms with Crippen LogP contribution >= 0.6 is 0 Å². The van der Waals surface area contributed by atoms with E-state index in [0.717, 1.165) is 29.5 Å². The summed E-state index contributed by atoms with van der Waals surface area (Å²) in [6.07, 6.45) is 10.4. The molecule has 0 bridgehead atoms. The van der Waals surface area contributed by atoms with Gasteiger partial charge in [-0.25, -0.2) is 4.39 Å². The van der Waals surface area contributed by atoms with E-state index in [2.05, 4.69) is 17.1 Å². The molecule has 0 atom stereocenters. The predicted octanol–water partition coefficient (Wildman–Crippen LogP) is 6.22. The molecule has 0 aliphatic heterocycles. The Kier molecular flexibility index (Phi) is 7.19. The number of hydrogen-bond donors (Lipinski definition) is 0. The number of rotatable bonds is 8. The van der Waals surface area contributed by atoms with Crippen LogP contribution in [-0.2, 0) is 6.42 Å². The molecule has 146 valence electrons. The molecule has 1 aliphatic rings. The fraction of sp³-hybridized carbons (Fsp3) is 0.565. The Hall–Kier alpha value is -1.97. The minimum Gasteiger partial charge on any atom is -0.491 e. The monoisotopic (exact) mass is 370 g/mol. The van der Waals surface area contributed by atoms with Gasteiger partial charge in [0.05, 0.1) is 18.0 Å². The number of ether oxygens (including phenoxy) is 1. The van der Waals surface area contributed by atoms with E-state index in [1.807, 2.05) is 25.1 Å². The van der Waals surface area contributed by atoms with Crippen LogP contribution in [0.15, 0.2) is 30.3 Å². The summed E-state index contributed by atoms with van der Waals surface area (Å²) in [5.74, 6) is 1.71. The Morgan fingerprint density at radius 2 is 1.70 bits per heavy atom.